The van der Waals surface area contributed by atoms with Gasteiger partial charge in [0.15, 0.2) is 5.82 Å². The van der Waals surface area contributed by atoms with Gasteiger partial charge in [0.05, 0.1) is 27.7 Å². The lowest BCUT2D eigenvalue weighted by Crippen LogP contribution is -2.54. The summed E-state index contributed by atoms with van der Waals surface area (Å²) in [7, 11) is 1.68. The zero-order chi connectivity index (χ0) is 32.1. The Morgan fingerprint density at radius 2 is 2.00 bits per heavy atom. The van der Waals surface area contributed by atoms with Gasteiger partial charge in [-0.3, -0.25) is 24.5 Å². The van der Waals surface area contributed by atoms with Gasteiger partial charge in [-0.25, -0.2) is 9.37 Å². The number of halogens is 2. The van der Waals surface area contributed by atoms with Crippen molar-refractivity contribution in [1.82, 2.24) is 19.8 Å². The third-order valence-corrected chi connectivity index (χ3v) is 8.47. The summed E-state index contributed by atoms with van der Waals surface area (Å²) in [5.41, 5.74) is 3.07. The first-order valence-corrected chi connectivity index (χ1v) is 15.3. The molecule has 8 nitrogen and oxygen atoms in total. The van der Waals surface area contributed by atoms with E-state index >= 15 is 4.39 Å². The van der Waals surface area contributed by atoms with Crippen LogP contribution in [0.1, 0.15) is 63.3 Å². The molecule has 2 amide bonds. The lowest BCUT2D eigenvalue weighted by atomic mass is 9.96. The monoisotopic (exact) mass is 618 g/mol. The van der Waals surface area contributed by atoms with Crippen molar-refractivity contribution >= 4 is 41.3 Å². The van der Waals surface area contributed by atoms with Crippen LogP contribution in [0.4, 0.5) is 15.9 Å². The lowest BCUT2D eigenvalue weighted by Gasteiger charge is -2.44. The maximum absolute atomic E-state index is 15.1. The molecule has 2 atom stereocenters. The Balaban J connectivity index is 1.96. The number of pyridine rings is 2. The molecule has 2 aromatic heterocycles. The van der Waals surface area contributed by atoms with E-state index in [-0.39, 0.29) is 46.0 Å². The molecule has 0 spiro atoms. The Morgan fingerprint density at radius 1 is 1.27 bits per heavy atom. The number of hydrogen-bond acceptors (Lipinski definition) is 5. The van der Waals surface area contributed by atoms with Crippen LogP contribution in [0.25, 0.3) is 11.3 Å². The second kappa shape index (κ2) is 14.1. The van der Waals surface area contributed by atoms with Crippen LogP contribution < -0.4 is 4.90 Å². The summed E-state index contributed by atoms with van der Waals surface area (Å²) in [6.07, 6.45) is 5.40. The molecule has 44 heavy (non-hydrogen) atoms. The van der Waals surface area contributed by atoms with Gasteiger partial charge < -0.3 is 9.80 Å². The van der Waals surface area contributed by atoms with Crippen LogP contribution in [0.5, 0.6) is 0 Å². The highest BCUT2D eigenvalue weighted by Gasteiger charge is 2.35. The first-order valence-electron chi connectivity index (χ1n) is 14.9. The van der Waals surface area contributed by atoms with Crippen LogP contribution in [0, 0.1) is 12.7 Å². The van der Waals surface area contributed by atoms with E-state index in [0.717, 1.165) is 24.1 Å². The van der Waals surface area contributed by atoms with E-state index in [1.807, 2.05) is 38.7 Å². The van der Waals surface area contributed by atoms with E-state index in [4.69, 9.17) is 21.6 Å². The molecule has 1 aliphatic heterocycles. The SMILES string of the molecule is C=CC(=O)N(CC)C1CCC(C)N(/C(=N/C)c2cc(Cl)c(-c3ccccc3F)nc2N(C=O)c2c(C)ccnc2C(C)C)C1. The molecule has 0 bridgehead atoms. The summed E-state index contributed by atoms with van der Waals surface area (Å²) in [4.78, 5) is 45.4. The molecular formula is C34H40ClFN6O2. The van der Waals surface area contributed by atoms with Crippen molar-refractivity contribution in [3.63, 3.8) is 0 Å². The van der Waals surface area contributed by atoms with Gasteiger partial charge >= 0.3 is 0 Å². The normalized spacial score (nSPS) is 17.0. The molecule has 232 valence electrons. The van der Waals surface area contributed by atoms with Gasteiger partial charge in [-0.15, -0.1) is 0 Å². The topological polar surface area (TPSA) is 82.0 Å². The number of hydrogen-bond donors (Lipinski definition) is 0. The number of anilines is 2. The van der Waals surface area contributed by atoms with E-state index in [2.05, 4.69) is 23.4 Å². The number of aliphatic imine (C=N–C) groups is 1. The number of benzene rings is 1. The third-order valence-electron chi connectivity index (χ3n) is 8.18. The minimum absolute atomic E-state index is 0.00116. The van der Waals surface area contributed by atoms with E-state index < -0.39 is 5.82 Å². The van der Waals surface area contributed by atoms with E-state index in [1.54, 1.807) is 37.5 Å². The molecule has 3 heterocycles. The molecule has 0 saturated carbocycles. The highest BCUT2D eigenvalue weighted by molar-refractivity contribution is 6.33. The number of amides is 2. The van der Waals surface area contributed by atoms with Gasteiger partial charge in [-0.05, 0) is 75.4 Å². The fourth-order valence-corrected chi connectivity index (χ4v) is 6.19. The first-order chi connectivity index (χ1) is 21.1. The molecule has 10 heteroatoms. The number of piperidine rings is 1. The minimum Gasteiger partial charge on any atom is -0.352 e. The fraction of sp³-hybridized carbons (Fsp3) is 0.382. The van der Waals surface area contributed by atoms with Crippen LogP contribution in [-0.4, -0.2) is 70.1 Å². The van der Waals surface area contributed by atoms with Gasteiger partial charge in [0, 0.05) is 44.0 Å². The number of carbonyl (C=O) groups excluding carboxylic acids is 2. The zero-order valence-electron chi connectivity index (χ0n) is 26.2. The average molecular weight is 619 g/mol. The zero-order valence-corrected chi connectivity index (χ0v) is 27.0. The highest BCUT2D eigenvalue weighted by Crippen LogP contribution is 2.39. The fourth-order valence-electron chi connectivity index (χ4n) is 5.94. The largest absolute Gasteiger partial charge is 0.352 e. The van der Waals surface area contributed by atoms with Gasteiger partial charge in [0.1, 0.15) is 11.7 Å². The number of amidine groups is 1. The molecular weight excluding hydrogens is 579 g/mol. The molecule has 0 radical (unpaired) electrons. The number of likely N-dealkylation sites (N-methyl/N-ethyl adjacent to an activating group) is 1. The van der Waals surface area contributed by atoms with Gasteiger partial charge in [0.2, 0.25) is 12.3 Å². The van der Waals surface area contributed by atoms with Crippen molar-refractivity contribution in [2.24, 2.45) is 4.99 Å². The quantitative estimate of drug-likeness (QED) is 0.112. The summed E-state index contributed by atoms with van der Waals surface area (Å²) >= 11 is 6.87. The number of likely N-dealkylation sites (tertiary alicyclic amines) is 1. The Hall–Kier alpha value is -4.11. The number of aromatic nitrogens is 2. The lowest BCUT2D eigenvalue weighted by molar-refractivity contribution is -0.129. The summed E-state index contributed by atoms with van der Waals surface area (Å²) in [6.45, 7) is 14.7. The molecule has 4 rings (SSSR count). The van der Waals surface area contributed by atoms with Crippen LogP contribution in [0.3, 0.4) is 0 Å². The minimum atomic E-state index is -0.484. The number of carbonyl (C=O) groups is 2. The molecule has 0 N–H and O–H groups in total. The van der Waals surface area contributed by atoms with Gasteiger partial charge in [-0.2, -0.15) is 0 Å². The molecule has 1 fully saturated rings. The Bertz CT molecular complexity index is 1580. The number of rotatable bonds is 9. The summed E-state index contributed by atoms with van der Waals surface area (Å²) in [5.74, 6) is 0.209. The molecule has 1 saturated heterocycles. The van der Waals surface area contributed by atoms with Crippen molar-refractivity contribution in [3.8, 4) is 11.3 Å². The van der Waals surface area contributed by atoms with Crippen LogP contribution in [0.2, 0.25) is 5.02 Å². The van der Waals surface area contributed by atoms with Crippen LogP contribution in [-0.2, 0) is 9.59 Å². The number of aryl methyl sites for hydroxylation is 1. The predicted octanol–water partition coefficient (Wildman–Crippen LogP) is 6.93. The second-order valence-corrected chi connectivity index (χ2v) is 11.7. The molecule has 2 unspecified atom stereocenters. The molecule has 3 aromatic rings. The molecule has 1 aliphatic rings. The van der Waals surface area contributed by atoms with Crippen molar-refractivity contribution in [3.05, 3.63) is 82.9 Å². The Morgan fingerprint density at radius 3 is 2.61 bits per heavy atom. The molecule has 1 aromatic carbocycles. The van der Waals surface area contributed by atoms with Crippen molar-refractivity contribution in [1.29, 1.82) is 0 Å². The van der Waals surface area contributed by atoms with Crippen molar-refractivity contribution < 1.29 is 14.0 Å². The van der Waals surface area contributed by atoms with Gasteiger partial charge in [-0.1, -0.05) is 44.2 Å². The standard InChI is InChI=1S/C34H40ClFN6O2/c1-8-29(44)40(9-2)24-15-14-23(6)41(19-24)33(37-7)26-18-27(35)31(25-12-10-11-13-28(25)36)39-34(26)42(20-43)32-22(5)16-17-38-30(32)21(3)4/h8,10-13,16-18,20-21,23-24H,1,9,14-15,19H2,2-7H3/b37-33+. The summed E-state index contributed by atoms with van der Waals surface area (Å²) in [5, 5.41) is 0.214. The van der Waals surface area contributed by atoms with E-state index in [1.165, 1.54) is 17.0 Å². The Kier molecular flexibility index (Phi) is 10.5. The number of nitrogens with zero attached hydrogens (tertiary/aromatic N) is 6. The average Bonchev–Trinajstić information content (AvgIpc) is 3.01. The van der Waals surface area contributed by atoms with Gasteiger partial charge in [0.25, 0.3) is 0 Å². The van der Waals surface area contributed by atoms with E-state index in [9.17, 15) is 9.59 Å². The third kappa shape index (κ3) is 6.38. The summed E-state index contributed by atoms with van der Waals surface area (Å²) < 4.78 is 15.1. The van der Waals surface area contributed by atoms with E-state index in [0.29, 0.717) is 36.6 Å². The maximum Gasteiger partial charge on any atom is 0.246 e. The first kappa shape index (κ1) is 32.8. The second-order valence-electron chi connectivity index (χ2n) is 11.3. The van der Waals surface area contributed by atoms with Crippen LogP contribution >= 0.6 is 11.6 Å². The van der Waals surface area contributed by atoms with Crippen molar-refractivity contribution in [2.45, 2.75) is 65.5 Å². The summed E-state index contributed by atoms with van der Waals surface area (Å²) in [6, 6.07) is 9.80. The maximum atomic E-state index is 15.1. The van der Waals surface area contributed by atoms with Crippen LogP contribution in [0.15, 0.2) is 60.2 Å². The molecule has 0 aliphatic carbocycles. The smallest absolute Gasteiger partial charge is 0.246 e. The highest BCUT2D eigenvalue weighted by atomic mass is 35.5. The predicted molar refractivity (Wildman–Crippen MR) is 175 cm³/mol. The Labute approximate surface area is 264 Å². The van der Waals surface area contributed by atoms with Crippen molar-refractivity contribution in [2.75, 3.05) is 25.0 Å².